The Morgan fingerprint density at radius 3 is 2.76 bits per heavy atom. The number of methoxy groups -OCH3 is 1. The van der Waals surface area contributed by atoms with Crippen LogP contribution >= 0.6 is 0 Å². The van der Waals surface area contributed by atoms with Crippen LogP contribution in [0.3, 0.4) is 0 Å². The van der Waals surface area contributed by atoms with E-state index in [0.29, 0.717) is 19.8 Å². The fourth-order valence-electron chi connectivity index (χ4n) is 2.10. The summed E-state index contributed by atoms with van der Waals surface area (Å²) in [6, 6.07) is 7.59. The Morgan fingerprint density at radius 2 is 2.05 bits per heavy atom. The van der Waals surface area contributed by atoms with Gasteiger partial charge >= 0.3 is 5.97 Å². The molecular weight excluding hydrogens is 270 g/mol. The van der Waals surface area contributed by atoms with Gasteiger partial charge in [-0.25, -0.2) is 4.79 Å². The van der Waals surface area contributed by atoms with Crippen molar-refractivity contribution in [2.45, 2.75) is 6.92 Å². The van der Waals surface area contributed by atoms with Gasteiger partial charge in [-0.1, -0.05) is 18.2 Å². The van der Waals surface area contributed by atoms with Crippen molar-refractivity contribution in [2.75, 3.05) is 38.8 Å². The Labute approximate surface area is 123 Å². The molecule has 0 bridgehead atoms. The number of nitrogens with zero attached hydrogens (tertiary/aromatic N) is 3. The molecule has 112 valence electrons. The minimum Gasteiger partial charge on any atom is -0.461 e. The first-order chi connectivity index (χ1) is 10.2. The van der Waals surface area contributed by atoms with Crippen LogP contribution in [0.1, 0.15) is 17.4 Å². The van der Waals surface area contributed by atoms with Gasteiger partial charge in [0, 0.05) is 26.1 Å². The number of fused-ring (bicyclic) bond motifs is 1. The van der Waals surface area contributed by atoms with E-state index in [-0.39, 0.29) is 5.69 Å². The number of carbonyl (C=O) groups is 1. The van der Waals surface area contributed by atoms with Crippen LogP contribution in [0.25, 0.3) is 10.9 Å². The number of carbonyl (C=O) groups excluding carboxylic acids is 1. The standard InChI is InChI=1S/C15H19N3O3/c1-4-21-15(19)13-14(18(2)9-10-20-3)11-7-5-6-8-12(11)16-17-13/h5-8H,4,9-10H2,1-3H3. The van der Waals surface area contributed by atoms with Crippen LogP contribution in [0.5, 0.6) is 0 Å². The third-order valence-corrected chi connectivity index (χ3v) is 3.12. The lowest BCUT2D eigenvalue weighted by Crippen LogP contribution is -2.26. The lowest BCUT2D eigenvalue weighted by atomic mass is 10.1. The van der Waals surface area contributed by atoms with E-state index in [9.17, 15) is 4.79 Å². The molecule has 0 radical (unpaired) electrons. The van der Waals surface area contributed by atoms with Crippen molar-refractivity contribution < 1.29 is 14.3 Å². The van der Waals surface area contributed by atoms with Crippen LogP contribution in [-0.2, 0) is 9.47 Å². The van der Waals surface area contributed by atoms with Crippen LogP contribution in [0, 0.1) is 0 Å². The van der Waals surface area contributed by atoms with Crippen LogP contribution in [-0.4, -0.2) is 50.1 Å². The molecule has 2 rings (SSSR count). The monoisotopic (exact) mass is 289 g/mol. The van der Waals surface area contributed by atoms with Gasteiger partial charge in [0.05, 0.1) is 24.4 Å². The zero-order chi connectivity index (χ0) is 15.2. The van der Waals surface area contributed by atoms with E-state index < -0.39 is 5.97 Å². The van der Waals surface area contributed by atoms with E-state index in [0.717, 1.165) is 16.6 Å². The number of hydrogen-bond acceptors (Lipinski definition) is 6. The van der Waals surface area contributed by atoms with Gasteiger partial charge in [-0.15, -0.1) is 10.2 Å². The molecule has 0 unspecified atom stereocenters. The Hall–Kier alpha value is -2.21. The summed E-state index contributed by atoms with van der Waals surface area (Å²) < 4.78 is 10.2. The molecule has 0 aliphatic heterocycles. The number of aromatic nitrogens is 2. The maximum Gasteiger partial charge on any atom is 0.361 e. The Morgan fingerprint density at radius 1 is 1.29 bits per heavy atom. The van der Waals surface area contributed by atoms with Gasteiger partial charge in [-0.3, -0.25) is 0 Å². The lowest BCUT2D eigenvalue weighted by Gasteiger charge is -2.22. The van der Waals surface area contributed by atoms with Crippen LogP contribution < -0.4 is 4.90 Å². The van der Waals surface area contributed by atoms with E-state index in [1.807, 2.05) is 36.2 Å². The van der Waals surface area contributed by atoms with E-state index in [2.05, 4.69) is 10.2 Å². The second-order valence-electron chi connectivity index (χ2n) is 4.55. The quantitative estimate of drug-likeness (QED) is 0.757. The van der Waals surface area contributed by atoms with Crippen molar-refractivity contribution in [1.82, 2.24) is 10.2 Å². The van der Waals surface area contributed by atoms with Gasteiger partial charge in [-0.05, 0) is 13.0 Å². The molecule has 1 aromatic heterocycles. The first kappa shape index (κ1) is 15.2. The number of esters is 1. The number of likely N-dealkylation sites (N-methyl/N-ethyl adjacent to an activating group) is 1. The Balaban J connectivity index is 2.54. The second-order valence-corrected chi connectivity index (χ2v) is 4.55. The Bertz CT molecular complexity index is 631. The summed E-state index contributed by atoms with van der Waals surface area (Å²) in [7, 11) is 3.54. The molecule has 6 nitrogen and oxygen atoms in total. The molecule has 0 fully saturated rings. The van der Waals surface area contributed by atoms with Crippen molar-refractivity contribution in [2.24, 2.45) is 0 Å². The number of benzene rings is 1. The lowest BCUT2D eigenvalue weighted by molar-refractivity contribution is 0.0519. The molecule has 0 spiro atoms. The van der Waals surface area contributed by atoms with Crippen molar-refractivity contribution in [3.05, 3.63) is 30.0 Å². The summed E-state index contributed by atoms with van der Waals surface area (Å²) >= 11 is 0. The number of rotatable bonds is 6. The van der Waals surface area contributed by atoms with Gasteiger partial charge in [0.15, 0.2) is 5.69 Å². The topological polar surface area (TPSA) is 64.5 Å². The SMILES string of the molecule is CCOC(=O)c1nnc2ccccc2c1N(C)CCOC. The molecule has 0 aliphatic carbocycles. The first-order valence-corrected chi connectivity index (χ1v) is 6.81. The van der Waals surface area contributed by atoms with E-state index >= 15 is 0 Å². The van der Waals surface area contributed by atoms with Gasteiger partial charge in [0.2, 0.25) is 0 Å². The normalized spacial score (nSPS) is 10.6. The van der Waals surface area contributed by atoms with Gasteiger partial charge < -0.3 is 14.4 Å². The summed E-state index contributed by atoms with van der Waals surface area (Å²) in [5, 5.41) is 9.02. The van der Waals surface area contributed by atoms with Crippen LogP contribution in [0.15, 0.2) is 24.3 Å². The van der Waals surface area contributed by atoms with Crippen molar-refractivity contribution in [3.63, 3.8) is 0 Å². The molecule has 1 heterocycles. The fourth-order valence-corrected chi connectivity index (χ4v) is 2.10. The summed E-state index contributed by atoms with van der Waals surface area (Å²) in [5.41, 5.74) is 1.69. The molecular formula is C15H19N3O3. The predicted molar refractivity (Wildman–Crippen MR) is 80.6 cm³/mol. The van der Waals surface area contributed by atoms with Crippen LogP contribution in [0.4, 0.5) is 5.69 Å². The summed E-state index contributed by atoms with van der Waals surface area (Å²) in [5.74, 6) is -0.463. The molecule has 0 N–H and O–H groups in total. The summed E-state index contributed by atoms with van der Waals surface area (Å²) in [6.45, 7) is 3.25. The fraction of sp³-hybridized carbons (Fsp3) is 0.400. The molecule has 0 aliphatic rings. The number of hydrogen-bond donors (Lipinski definition) is 0. The molecule has 6 heteroatoms. The van der Waals surface area contributed by atoms with Gasteiger partial charge in [-0.2, -0.15) is 0 Å². The first-order valence-electron chi connectivity index (χ1n) is 6.81. The molecule has 0 atom stereocenters. The highest BCUT2D eigenvalue weighted by atomic mass is 16.5. The highest BCUT2D eigenvalue weighted by Gasteiger charge is 2.21. The third kappa shape index (κ3) is 3.28. The average molecular weight is 289 g/mol. The van der Waals surface area contributed by atoms with Crippen LogP contribution in [0.2, 0.25) is 0 Å². The molecule has 0 amide bonds. The Kier molecular flexibility index (Phi) is 5.05. The molecule has 0 saturated carbocycles. The molecule has 21 heavy (non-hydrogen) atoms. The number of ether oxygens (including phenoxy) is 2. The minimum atomic E-state index is -0.463. The highest BCUT2D eigenvalue weighted by Crippen LogP contribution is 2.27. The molecule has 1 aromatic carbocycles. The van der Waals surface area contributed by atoms with Gasteiger partial charge in [0.1, 0.15) is 0 Å². The van der Waals surface area contributed by atoms with Crippen molar-refractivity contribution in [1.29, 1.82) is 0 Å². The van der Waals surface area contributed by atoms with E-state index in [1.54, 1.807) is 14.0 Å². The maximum absolute atomic E-state index is 12.1. The van der Waals surface area contributed by atoms with Gasteiger partial charge in [0.25, 0.3) is 0 Å². The summed E-state index contributed by atoms with van der Waals surface area (Å²) in [4.78, 5) is 14.0. The highest BCUT2D eigenvalue weighted by molar-refractivity contribution is 6.03. The van der Waals surface area contributed by atoms with Crippen molar-refractivity contribution >= 4 is 22.6 Å². The second kappa shape index (κ2) is 6.99. The predicted octanol–water partition coefficient (Wildman–Crippen LogP) is 1.89. The zero-order valence-electron chi connectivity index (χ0n) is 12.5. The third-order valence-electron chi connectivity index (χ3n) is 3.12. The zero-order valence-corrected chi connectivity index (χ0v) is 12.5. The minimum absolute atomic E-state index is 0.231. The maximum atomic E-state index is 12.1. The van der Waals surface area contributed by atoms with E-state index in [1.165, 1.54) is 0 Å². The largest absolute Gasteiger partial charge is 0.461 e. The number of anilines is 1. The van der Waals surface area contributed by atoms with Crippen molar-refractivity contribution in [3.8, 4) is 0 Å². The average Bonchev–Trinajstić information content (AvgIpc) is 2.51. The van der Waals surface area contributed by atoms with E-state index in [4.69, 9.17) is 9.47 Å². The summed E-state index contributed by atoms with van der Waals surface area (Å²) in [6.07, 6.45) is 0. The molecule has 2 aromatic rings. The smallest absolute Gasteiger partial charge is 0.361 e. The molecule has 0 saturated heterocycles.